The van der Waals surface area contributed by atoms with Crippen LogP contribution in [0.5, 0.6) is 0 Å². The Morgan fingerprint density at radius 1 is 1.05 bits per heavy atom. The van der Waals surface area contributed by atoms with Gasteiger partial charge in [-0.1, -0.05) is 69.9 Å². The Labute approximate surface area is 124 Å². The van der Waals surface area contributed by atoms with Gasteiger partial charge in [0.2, 0.25) is 0 Å². The van der Waals surface area contributed by atoms with Gasteiger partial charge in [0.1, 0.15) is 0 Å². The molecule has 0 spiro atoms. The molecule has 0 heterocycles. The molecule has 1 aromatic carbocycles. The summed E-state index contributed by atoms with van der Waals surface area (Å²) in [6.07, 6.45) is 7.68. The second-order valence-corrected chi connectivity index (χ2v) is 5.68. The third kappa shape index (κ3) is 6.06. The smallest absolute Gasteiger partial charge is 0.0768 e. The fraction of sp³-hybridized carbons (Fsp3) is 0.667. The van der Waals surface area contributed by atoms with Crippen molar-refractivity contribution in [1.82, 2.24) is 0 Å². The first-order valence-electron chi connectivity index (χ1n) is 8.15. The first kappa shape index (κ1) is 17.2. The van der Waals surface area contributed by atoms with Gasteiger partial charge in [-0.3, -0.25) is 0 Å². The van der Waals surface area contributed by atoms with Crippen LogP contribution >= 0.6 is 0 Å². The largest absolute Gasteiger partial charge is 0.373 e. The summed E-state index contributed by atoms with van der Waals surface area (Å²) in [5, 5.41) is 0. The third-order valence-electron chi connectivity index (χ3n) is 3.86. The summed E-state index contributed by atoms with van der Waals surface area (Å²) in [4.78, 5) is 0. The molecule has 20 heavy (non-hydrogen) atoms. The van der Waals surface area contributed by atoms with E-state index in [1.54, 1.807) is 0 Å². The van der Waals surface area contributed by atoms with E-state index < -0.39 is 0 Å². The molecular weight excluding hydrogens is 246 g/mol. The maximum atomic E-state index is 6.35. The lowest BCUT2D eigenvalue weighted by molar-refractivity contribution is -0.0227. The molecule has 0 aliphatic heterocycles. The van der Waals surface area contributed by atoms with Gasteiger partial charge in [0.25, 0.3) is 0 Å². The van der Waals surface area contributed by atoms with Gasteiger partial charge in [0.15, 0.2) is 0 Å². The summed E-state index contributed by atoms with van der Waals surface area (Å²) >= 11 is 0. The second kappa shape index (κ2) is 9.95. The van der Waals surface area contributed by atoms with E-state index in [2.05, 4.69) is 32.9 Å². The minimum absolute atomic E-state index is 0.0284. The van der Waals surface area contributed by atoms with Gasteiger partial charge in [0, 0.05) is 0 Å². The highest BCUT2D eigenvalue weighted by Gasteiger charge is 2.20. The normalized spacial score (nSPS) is 15.8. The highest BCUT2D eigenvalue weighted by atomic mass is 16.5. The second-order valence-electron chi connectivity index (χ2n) is 5.68. The lowest BCUT2D eigenvalue weighted by Crippen LogP contribution is -2.31. The Morgan fingerprint density at radius 3 is 2.35 bits per heavy atom. The Bertz CT molecular complexity index is 339. The van der Waals surface area contributed by atoms with E-state index in [0.717, 1.165) is 18.4 Å². The molecule has 3 atom stereocenters. The lowest BCUT2D eigenvalue weighted by Gasteiger charge is -2.27. The van der Waals surface area contributed by atoms with Gasteiger partial charge in [-0.2, -0.15) is 0 Å². The van der Waals surface area contributed by atoms with Gasteiger partial charge >= 0.3 is 0 Å². The molecule has 3 unspecified atom stereocenters. The Kier molecular flexibility index (Phi) is 8.56. The van der Waals surface area contributed by atoms with Crippen molar-refractivity contribution in [3.63, 3.8) is 0 Å². The molecule has 0 amide bonds. The number of benzene rings is 1. The van der Waals surface area contributed by atoms with Gasteiger partial charge in [0.05, 0.1) is 18.2 Å². The molecule has 0 aliphatic rings. The van der Waals surface area contributed by atoms with Crippen molar-refractivity contribution >= 4 is 0 Å². The Balaban J connectivity index is 2.42. The average molecular weight is 277 g/mol. The van der Waals surface area contributed by atoms with Crippen molar-refractivity contribution in [3.8, 4) is 0 Å². The topological polar surface area (TPSA) is 35.2 Å². The van der Waals surface area contributed by atoms with E-state index in [-0.39, 0.29) is 12.1 Å². The van der Waals surface area contributed by atoms with E-state index in [1.165, 1.54) is 25.7 Å². The molecule has 0 bridgehead atoms. The molecule has 0 fully saturated rings. The maximum absolute atomic E-state index is 6.35. The molecule has 0 saturated carbocycles. The molecule has 2 N–H and O–H groups in total. The molecule has 0 aliphatic carbocycles. The summed E-state index contributed by atoms with van der Waals surface area (Å²) in [5.41, 5.74) is 7.51. The highest BCUT2D eigenvalue weighted by molar-refractivity contribution is 5.19. The fourth-order valence-corrected chi connectivity index (χ4v) is 2.55. The summed E-state index contributed by atoms with van der Waals surface area (Å²) in [5.74, 6) is 0. The van der Waals surface area contributed by atoms with E-state index in [1.807, 2.05) is 18.2 Å². The van der Waals surface area contributed by atoms with Crippen LogP contribution < -0.4 is 5.73 Å². The zero-order valence-electron chi connectivity index (χ0n) is 13.3. The standard InChI is InChI=1S/C18H31NO/c1-4-6-7-9-12-15(3)20-17(5-2)18(19)16-13-10-8-11-14-16/h8,10-11,13-15,17-18H,4-7,9,12,19H2,1-3H3. The predicted molar refractivity (Wildman–Crippen MR) is 86.8 cm³/mol. The molecular formula is C18H31NO. The number of hydrogen-bond donors (Lipinski definition) is 1. The molecule has 1 rings (SSSR count). The minimum Gasteiger partial charge on any atom is -0.373 e. The zero-order valence-corrected chi connectivity index (χ0v) is 13.3. The van der Waals surface area contributed by atoms with E-state index in [4.69, 9.17) is 10.5 Å². The van der Waals surface area contributed by atoms with Crippen LogP contribution in [0.1, 0.15) is 70.9 Å². The van der Waals surface area contributed by atoms with Crippen LogP contribution in [0.2, 0.25) is 0 Å². The minimum atomic E-state index is -0.0284. The van der Waals surface area contributed by atoms with Crippen molar-refractivity contribution in [2.75, 3.05) is 0 Å². The monoisotopic (exact) mass is 277 g/mol. The SMILES string of the molecule is CCCCCCC(C)OC(CC)C(N)c1ccccc1. The van der Waals surface area contributed by atoms with Crippen LogP contribution in [-0.4, -0.2) is 12.2 Å². The highest BCUT2D eigenvalue weighted by Crippen LogP contribution is 2.21. The van der Waals surface area contributed by atoms with Crippen molar-refractivity contribution in [1.29, 1.82) is 0 Å². The molecule has 0 radical (unpaired) electrons. The quantitative estimate of drug-likeness (QED) is 0.621. The third-order valence-corrected chi connectivity index (χ3v) is 3.86. The first-order chi connectivity index (χ1) is 9.69. The molecule has 0 saturated heterocycles. The van der Waals surface area contributed by atoms with E-state index >= 15 is 0 Å². The summed E-state index contributed by atoms with van der Waals surface area (Å²) in [7, 11) is 0. The summed E-state index contributed by atoms with van der Waals surface area (Å²) in [6.45, 7) is 6.56. The van der Waals surface area contributed by atoms with Crippen molar-refractivity contribution < 1.29 is 4.74 Å². The summed E-state index contributed by atoms with van der Waals surface area (Å²) in [6, 6.07) is 10.2. The number of hydrogen-bond acceptors (Lipinski definition) is 2. The maximum Gasteiger partial charge on any atom is 0.0768 e. The van der Waals surface area contributed by atoms with Crippen LogP contribution in [0.4, 0.5) is 0 Å². The van der Waals surface area contributed by atoms with Crippen molar-refractivity contribution in [2.45, 2.75) is 77.5 Å². The molecule has 1 aromatic rings. The Morgan fingerprint density at radius 2 is 1.75 bits per heavy atom. The van der Waals surface area contributed by atoms with Gasteiger partial charge in [-0.05, 0) is 25.3 Å². The number of nitrogens with two attached hydrogens (primary N) is 1. The molecule has 2 nitrogen and oxygen atoms in total. The van der Waals surface area contributed by atoms with Gasteiger partial charge < -0.3 is 10.5 Å². The van der Waals surface area contributed by atoms with Crippen LogP contribution in [0.25, 0.3) is 0 Å². The van der Waals surface area contributed by atoms with Crippen LogP contribution in [0.15, 0.2) is 30.3 Å². The van der Waals surface area contributed by atoms with Crippen molar-refractivity contribution in [2.24, 2.45) is 5.73 Å². The van der Waals surface area contributed by atoms with E-state index in [9.17, 15) is 0 Å². The summed E-state index contributed by atoms with van der Waals surface area (Å²) < 4.78 is 6.17. The van der Waals surface area contributed by atoms with E-state index in [0.29, 0.717) is 6.10 Å². The van der Waals surface area contributed by atoms with Gasteiger partial charge in [-0.25, -0.2) is 0 Å². The van der Waals surface area contributed by atoms with Crippen LogP contribution in [0.3, 0.4) is 0 Å². The van der Waals surface area contributed by atoms with Crippen molar-refractivity contribution in [3.05, 3.63) is 35.9 Å². The molecule has 0 aromatic heterocycles. The first-order valence-corrected chi connectivity index (χ1v) is 8.15. The lowest BCUT2D eigenvalue weighted by atomic mass is 10.00. The Hall–Kier alpha value is -0.860. The fourth-order valence-electron chi connectivity index (χ4n) is 2.55. The van der Waals surface area contributed by atoms with Gasteiger partial charge in [-0.15, -0.1) is 0 Å². The van der Waals surface area contributed by atoms with Crippen LogP contribution in [-0.2, 0) is 4.74 Å². The predicted octanol–water partition coefficient (Wildman–Crippen LogP) is 4.84. The zero-order chi connectivity index (χ0) is 14.8. The molecule has 2 heteroatoms. The number of ether oxygens (including phenoxy) is 1. The number of rotatable bonds is 10. The number of unbranched alkanes of at least 4 members (excludes halogenated alkanes) is 3. The molecule has 114 valence electrons. The van der Waals surface area contributed by atoms with Crippen LogP contribution in [0, 0.1) is 0 Å². The average Bonchev–Trinajstić information content (AvgIpc) is 2.49.